The number of nitrogens with zero attached hydrogens (tertiary/aromatic N) is 4. The second-order valence-corrected chi connectivity index (χ2v) is 5.55. The summed E-state index contributed by atoms with van der Waals surface area (Å²) in [7, 11) is 0. The van der Waals surface area contributed by atoms with E-state index >= 15 is 0 Å². The van der Waals surface area contributed by atoms with Crippen LogP contribution < -0.4 is 0 Å². The van der Waals surface area contributed by atoms with Gasteiger partial charge >= 0.3 is 0 Å². The smallest absolute Gasteiger partial charge is 0.159 e. The highest BCUT2D eigenvalue weighted by molar-refractivity contribution is 5.54. The Morgan fingerprint density at radius 3 is 2.55 bits per heavy atom. The van der Waals surface area contributed by atoms with E-state index in [0.717, 1.165) is 41.3 Å². The van der Waals surface area contributed by atoms with Gasteiger partial charge in [0.15, 0.2) is 5.65 Å². The Morgan fingerprint density at radius 2 is 1.91 bits per heavy atom. The Kier molecular flexibility index (Phi) is 3.75. The van der Waals surface area contributed by atoms with Crippen molar-refractivity contribution in [2.24, 2.45) is 4.99 Å². The average molecular weight is 292 g/mol. The lowest BCUT2D eigenvalue weighted by Gasteiger charge is -2.04. The molecule has 0 amide bonds. The monoisotopic (exact) mass is 292 g/mol. The maximum absolute atomic E-state index is 4.73. The summed E-state index contributed by atoms with van der Waals surface area (Å²) in [5, 5.41) is 4.73. The maximum atomic E-state index is 4.73. The van der Waals surface area contributed by atoms with Crippen LogP contribution in [0, 0.1) is 13.8 Å². The highest BCUT2D eigenvalue weighted by Crippen LogP contribution is 2.22. The summed E-state index contributed by atoms with van der Waals surface area (Å²) in [5.41, 5.74) is 7.58. The van der Waals surface area contributed by atoms with Crippen LogP contribution in [0.15, 0.2) is 35.3 Å². The molecule has 0 fully saturated rings. The van der Waals surface area contributed by atoms with Gasteiger partial charge in [0, 0.05) is 23.4 Å². The van der Waals surface area contributed by atoms with E-state index in [4.69, 9.17) is 10.1 Å². The van der Waals surface area contributed by atoms with Gasteiger partial charge < -0.3 is 0 Å². The fraction of sp³-hybridized carbons (Fsp3) is 0.278. The highest BCUT2D eigenvalue weighted by atomic mass is 15.3. The van der Waals surface area contributed by atoms with Gasteiger partial charge in [-0.1, -0.05) is 19.1 Å². The van der Waals surface area contributed by atoms with Crippen LogP contribution in [0.25, 0.3) is 5.65 Å². The summed E-state index contributed by atoms with van der Waals surface area (Å²) in [5.74, 6) is 0. The molecule has 2 heterocycles. The van der Waals surface area contributed by atoms with Crippen LogP contribution in [0.3, 0.4) is 0 Å². The molecule has 0 saturated heterocycles. The van der Waals surface area contributed by atoms with Gasteiger partial charge in [-0.05, 0) is 50.7 Å². The van der Waals surface area contributed by atoms with Crippen LogP contribution in [0.1, 0.15) is 35.1 Å². The van der Waals surface area contributed by atoms with E-state index in [2.05, 4.69) is 43.8 Å². The first-order valence-corrected chi connectivity index (χ1v) is 7.52. The molecule has 0 atom stereocenters. The molecular formula is C18H20N4. The van der Waals surface area contributed by atoms with E-state index in [1.807, 2.05) is 23.6 Å². The molecule has 1 aromatic carbocycles. The lowest BCUT2D eigenvalue weighted by Crippen LogP contribution is -1.98. The largest absolute Gasteiger partial charge is 0.265 e. The molecule has 0 saturated carbocycles. The minimum atomic E-state index is 0.833. The molecule has 0 spiro atoms. The van der Waals surface area contributed by atoms with Crippen molar-refractivity contribution in [2.45, 2.75) is 33.6 Å². The molecule has 4 nitrogen and oxygen atoms in total. The van der Waals surface area contributed by atoms with Crippen molar-refractivity contribution in [1.29, 1.82) is 0 Å². The van der Waals surface area contributed by atoms with Crippen LogP contribution in [0.2, 0.25) is 0 Å². The molecule has 2 aromatic heterocycles. The van der Waals surface area contributed by atoms with E-state index in [1.54, 1.807) is 0 Å². The zero-order chi connectivity index (χ0) is 15.7. The number of aliphatic imine (C=N–C) groups is 1. The first-order chi connectivity index (χ1) is 10.6. The molecule has 0 radical (unpaired) electrons. The van der Waals surface area contributed by atoms with Gasteiger partial charge in [-0.3, -0.25) is 4.99 Å². The zero-order valence-corrected chi connectivity index (χ0v) is 13.3. The SMILES string of the molecule is C=Nc1ccc(Cc2c(CC)nn3c(C)cc(C)nc23)cc1. The maximum Gasteiger partial charge on any atom is 0.159 e. The highest BCUT2D eigenvalue weighted by Gasteiger charge is 2.15. The second kappa shape index (κ2) is 5.72. The number of benzene rings is 1. The van der Waals surface area contributed by atoms with Gasteiger partial charge in [-0.25, -0.2) is 9.50 Å². The molecular weight excluding hydrogens is 272 g/mol. The number of aryl methyl sites for hydroxylation is 3. The standard InChI is InChI=1S/C18H20N4/c1-5-17-16(11-14-6-8-15(19-4)9-7-14)18-20-12(2)10-13(3)22(18)21-17/h6-10H,4-5,11H2,1-3H3. The summed E-state index contributed by atoms with van der Waals surface area (Å²) < 4.78 is 1.96. The van der Waals surface area contributed by atoms with E-state index < -0.39 is 0 Å². The van der Waals surface area contributed by atoms with Gasteiger partial charge in [-0.2, -0.15) is 5.10 Å². The topological polar surface area (TPSA) is 42.5 Å². The van der Waals surface area contributed by atoms with Crippen molar-refractivity contribution < 1.29 is 0 Å². The summed E-state index contributed by atoms with van der Waals surface area (Å²) in [4.78, 5) is 8.64. The van der Waals surface area contributed by atoms with Crippen molar-refractivity contribution in [2.75, 3.05) is 0 Å². The van der Waals surface area contributed by atoms with Gasteiger partial charge in [0.25, 0.3) is 0 Å². The Balaban J connectivity index is 2.09. The van der Waals surface area contributed by atoms with E-state index in [9.17, 15) is 0 Å². The minimum Gasteiger partial charge on any atom is -0.265 e. The lowest BCUT2D eigenvalue weighted by molar-refractivity contribution is 0.849. The van der Waals surface area contributed by atoms with Gasteiger partial charge in [-0.15, -0.1) is 0 Å². The Hall–Kier alpha value is -2.49. The Bertz CT molecular complexity index is 828. The molecule has 0 unspecified atom stereocenters. The molecule has 112 valence electrons. The third-order valence-electron chi connectivity index (χ3n) is 3.91. The fourth-order valence-electron chi connectivity index (χ4n) is 2.80. The summed E-state index contributed by atoms with van der Waals surface area (Å²) in [6.45, 7) is 9.79. The van der Waals surface area contributed by atoms with Crippen LogP contribution >= 0.6 is 0 Å². The fourth-order valence-corrected chi connectivity index (χ4v) is 2.80. The normalized spacial score (nSPS) is 11.0. The van der Waals surface area contributed by atoms with Crippen molar-refractivity contribution in [3.8, 4) is 0 Å². The minimum absolute atomic E-state index is 0.833. The van der Waals surface area contributed by atoms with Gasteiger partial charge in [0.1, 0.15) is 0 Å². The predicted molar refractivity (Wildman–Crippen MR) is 90.3 cm³/mol. The second-order valence-electron chi connectivity index (χ2n) is 5.55. The summed E-state index contributed by atoms with van der Waals surface area (Å²) in [6, 6.07) is 10.2. The van der Waals surface area contributed by atoms with Gasteiger partial charge in [0.05, 0.1) is 11.4 Å². The average Bonchev–Trinajstić information content (AvgIpc) is 2.86. The molecule has 22 heavy (non-hydrogen) atoms. The molecule has 3 rings (SSSR count). The van der Waals surface area contributed by atoms with Crippen molar-refractivity contribution >= 4 is 18.1 Å². The third-order valence-corrected chi connectivity index (χ3v) is 3.91. The lowest BCUT2D eigenvalue weighted by atomic mass is 10.0. The molecule has 0 bridgehead atoms. The first-order valence-electron chi connectivity index (χ1n) is 7.52. The van der Waals surface area contributed by atoms with Gasteiger partial charge in [0.2, 0.25) is 0 Å². The van der Waals surface area contributed by atoms with E-state index in [1.165, 1.54) is 11.1 Å². The van der Waals surface area contributed by atoms with Crippen molar-refractivity contribution in [3.63, 3.8) is 0 Å². The molecule has 0 aliphatic rings. The first kappa shape index (κ1) is 14.4. The Morgan fingerprint density at radius 1 is 1.18 bits per heavy atom. The third kappa shape index (κ3) is 2.52. The molecule has 0 aliphatic carbocycles. The summed E-state index contributed by atoms with van der Waals surface area (Å²) >= 11 is 0. The number of rotatable bonds is 4. The number of hydrogen-bond donors (Lipinski definition) is 0. The molecule has 3 aromatic rings. The van der Waals surface area contributed by atoms with Crippen molar-refractivity contribution in [1.82, 2.24) is 14.6 Å². The predicted octanol–water partition coefficient (Wildman–Crippen LogP) is 3.83. The van der Waals surface area contributed by atoms with Crippen LogP contribution in [0.4, 0.5) is 5.69 Å². The number of hydrogen-bond acceptors (Lipinski definition) is 3. The van der Waals surface area contributed by atoms with Crippen LogP contribution in [0.5, 0.6) is 0 Å². The number of aromatic nitrogens is 3. The van der Waals surface area contributed by atoms with E-state index in [0.29, 0.717) is 0 Å². The Labute approximate surface area is 130 Å². The van der Waals surface area contributed by atoms with E-state index in [-0.39, 0.29) is 0 Å². The summed E-state index contributed by atoms with van der Waals surface area (Å²) in [6.07, 6.45) is 1.74. The molecule has 4 heteroatoms. The number of fused-ring (bicyclic) bond motifs is 1. The van der Waals surface area contributed by atoms with Crippen molar-refractivity contribution in [3.05, 3.63) is 58.5 Å². The quantitative estimate of drug-likeness (QED) is 0.686. The van der Waals surface area contributed by atoms with Crippen LogP contribution in [-0.2, 0) is 12.8 Å². The van der Waals surface area contributed by atoms with Crippen LogP contribution in [-0.4, -0.2) is 21.3 Å². The molecule has 0 aliphatic heterocycles. The zero-order valence-electron chi connectivity index (χ0n) is 13.3. The molecule has 0 N–H and O–H groups in total.